The SMILES string of the molecule is N#CCc1cc2[nH]c(N)nc2cc1Br. The number of imidazole rings is 1. The van der Waals surface area contributed by atoms with E-state index in [-0.39, 0.29) is 0 Å². The number of nitriles is 1. The van der Waals surface area contributed by atoms with Crippen LogP contribution in [0.5, 0.6) is 0 Å². The van der Waals surface area contributed by atoms with E-state index in [4.69, 9.17) is 11.0 Å². The average molecular weight is 251 g/mol. The Kier molecular flexibility index (Phi) is 2.14. The van der Waals surface area contributed by atoms with Crippen molar-refractivity contribution in [2.45, 2.75) is 6.42 Å². The quantitative estimate of drug-likeness (QED) is 0.813. The molecule has 1 aromatic carbocycles. The van der Waals surface area contributed by atoms with Gasteiger partial charge in [0.2, 0.25) is 0 Å². The van der Waals surface area contributed by atoms with Gasteiger partial charge in [0, 0.05) is 4.47 Å². The van der Waals surface area contributed by atoms with E-state index in [0.717, 1.165) is 21.1 Å². The van der Waals surface area contributed by atoms with Crippen molar-refractivity contribution < 1.29 is 0 Å². The molecule has 0 spiro atoms. The van der Waals surface area contributed by atoms with Crippen molar-refractivity contribution >= 4 is 32.9 Å². The van der Waals surface area contributed by atoms with Crippen LogP contribution in [0.2, 0.25) is 0 Å². The van der Waals surface area contributed by atoms with E-state index in [1.54, 1.807) is 0 Å². The first-order valence-electron chi connectivity index (χ1n) is 4.01. The summed E-state index contributed by atoms with van der Waals surface area (Å²) in [5, 5.41) is 8.60. The highest BCUT2D eigenvalue weighted by Crippen LogP contribution is 2.23. The fourth-order valence-electron chi connectivity index (χ4n) is 1.32. The molecule has 0 aliphatic rings. The number of nitrogens with one attached hydrogen (secondary N) is 1. The molecule has 0 atom stereocenters. The molecule has 0 saturated heterocycles. The Morgan fingerprint density at radius 2 is 2.36 bits per heavy atom. The predicted molar refractivity (Wildman–Crippen MR) is 57.5 cm³/mol. The molecule has 1 heterocycles. The second-order valence-electron chi connectivity index (χ2n) is 2.92. The number of halogens is 1. The zero-order valence-corrected chi connectivity index (χ0v) is 8.80. The molecule has 0 saturated carbocycles. The maximum atomic E-state index is 8.60. The van der Waals surface area contributed by atoms with Gasteiger partial charge in [0.25, 0.3) is 0 Å². The average Bonchev–Trinajstić information content (AvgIpc) is 2.45. The third-order valence-corrected chi connectivity index (χ3v) is 2.68. The van der Waals surface area contributed by atoms with Gasteiger partial charge in [-0.3, -0.25) is 0 Å². The number of H-pyrrole nitrogens is 1. The summed E-state index contributed by atoms with van der Waals surface area (Å²) >= 11 is 3.38. The van der Waals surface area contributed by atoms with Crippen LogP contribution in [-0.2, 0) is 6.42 Å². The Hall–Kier alpha value is -1.54. The Bertz CT molecular complexity index is 523. The largest absolute Gasteiger partial charge is 0.369 e. The molecule has 0 amide bonds. The highest BCUT2D eigenvalue weighted by molar-refractivity contribution is 9.10. The molecular weight excluding hydrogens is 244 g/mol. The van der Waals surface area contributed by atoms with Gasteiger partial charge in [0.15, 0.2) is 5.95 Å². The van der Waals surface area contributed by atoms with Gasteiger partial charge < -0.3 is 10.7 Å². The van der Waals surface area contributed by atoms with Crippen molar-refractivity contribution in [1.82, 2.24) is 9.97 Å². The molecule has 14 heavy (non-hydrogen) atoms. The number of aromatic nitrogens is 2. The van der Waals surface area contributed by atoms with Gasteiger partial charge in [0.1, 0.15) is 0 Å². The molecule has 2 rings (SSSR count). The van der Waals surface area contributed by atoms with Gasteiger partial charge in [-0.2, -0.15) is 5.26 Å². The fraction of sp³-hybridized carbons (Fsp3) is 0.111. The van der Waals surface area contributed by atoms with Crippen molar-refractivity contribution in [3.63, 3.8) is 0 Å². The Morgan fingerprint density at radius 1 is 1.57 bits per heavy atom. The Morgan fingerprint density at radius 3 is 3.07 bits per heavy atom. The lowest BCUT2D eigenvalue weighted by Gasteiger charge is -1.98. The lowest BCUT2D eigenvalue weighted by Crippen LogP contribution is -1.84. The molecule has 0 unspecified atom stereocenters. The number of nitrogens with two attached hydrogens (primary N) is 1. The molecule has 4 nitrogen and oxygen atoms in total. The molecule has 5 heteroatoms. The number of benzene rings is 1. The van der Waals surface area contributed by atoms with E-state index in [1.807, 2.05) is 12.1 Å². The Balaban J connectivity index is 2.65. The second kappa shape index (κ2) is 3.31. The van der Waals surface area contributed by atoms with Gasteiger partial charge in [-0.1, -0.05) is 15.9 Å². The van der Waals surface area contributed by atoms with Crippen LogP contribution in [-0.4, -0.2) is 9.97 Å². The van der Waals surface area contributed by atoms with Crippen molar-refractivity contribution in [3.05, 3.63) is 22.2 Å². The molecule has 2 aromatic rings. The number of anilines is 1. The molecule has 3 N–H and O–H groups in total. The normalized spacial score (nSPS) is 10.3. The minimum Gasteiger partial charge on any atom is -0.369 e. The lowest BCUT2D eigenvalue weighted by atomic mass is 10.1. The monoisotopic (exact) mass is 250 g/mol. The Labute approximate surface area is 88.9 Å². The first-order valence-corrected chi connectivity index (χ1v) is 4.80. The summed E-state index contributed by atoms with van der Waals surface area (Å²) in [5.41, 5.74) is 8.11. The number of hydrogen-bond donors (Lipinski definition) is 2. The minimum atomic E-state index is 0.370. The summed E-state index contributed by atoms with van der Waals surface area (Å²) in [6.07, 6.45) is 0.370. The van der Waals surface area contributed by atoms with Gasteiger partial charge >= 0.3 is 0 Å². The number of nitrogens with zero attached hydrogens (tertiary/aromatic N) is 2. The zero-order chi connectivity index (χ0) is 10.1. The standard InChI is InChI=1S/C9H7BrN4/c10-6-4-8-7(13-9(12)14-8)3-5(6)1-2-11/h3-4H,1H2,(H3,12,13,14). The minimum absolute atomic E-state index is 0.370. The van der Waals surface area contributed by atoms with Crippen molar-refractivity contribution in [2.75, 3.05) is 5.73 Å². The predicted octanol–water partition coefficient (Wildman–Crippen LogP) is 1.97. The van der Waals surface area contributed by atoms with Gasteiger partial charge in [-0.15, -0.1) is 0 Å². The molecule has 70 valence electrons. The van der Waals surface area contributed by atoms with E-state index < -0.39 is 0 Å². The van der Waals surface area contributed by atoms with Gasteiger partial charge in [-0.05, 0) is 17.7 Å². The molecular formula is C9H7BrN4. The van der Waals surface area contributed by atoms with Crippen LogP contribution in [0.15, 0.2) is 16.6 Å². The molecule has 1 aromatic heterocycles. The van der Waals surface area contributed by atoms with E-state index in [0.29, 0.717) is 12.4 Å². The summed E-state index contributed by atoms with van der Waals surface area (Å²) in [6.45, 7) is 0. The third kappa shape index (κ3) is 1.44. The maximum absolute atomic E-state index is 8.60. The first kappa shape index (κ1) is 9.03. The number of aromatic amines is 1. The van der Waals surface area contributed by atoms with Crippen molar-refractivity contribution in [1.29, 1.82) is 5.26 Å². The molecule has 0 bridgehead atoms. The van der Waals surface area contributed by atoms with Gasteiger partial charge in [0.05, 0.1) is 23.5 Å². The van der Waals surface area contributed by atoms with Crippen molar-refractivity contribution in [2.24, 2.45) is 0 Å². The lowest BCUT2D eigenvalue weighted by molar-refractivity contribution is 1.25. The van der Waals surface area contributed by atoms with E-state index in [2.05, 4.69) is 32.0 Å². The molecule has 0 aliphatic heterocycles. The second-order valence-corrected chi connectivity index (χ2v) is 3.77. The number of hydrogen-bond acceptors (Lipinski definition) is 3. The van der Waals surface area contributed by atoms with Crippen molar-refractivity contribution in [3.8, 4) is 6.07 Å². The molecule has 0 fully saturated rings. The summed E-state index contributed by atoms with van der Waals surface area (Å²) in [5.74, 6) is 0.390. The number of fused-ring (bicyclic) bond motifs is 1. The smallest absolute Gasteiger partial charge is 0.198 e. The van der Waals surface area contributed by atoms with Crippen LogP contribution in [0.4, 0.5) is 5.95 Å². The van der Waals surface area contributed by atoms with Crippen LogP contribution in [0, 0.1) is 11.3 Å². The summed E-state index contributed by atoms with van der Waals surface area (Å²) in [4.78, 5) is 7.01. The number of nitrogen functional groups attached to an aromatic ring is 1. The highest BCUT2D eigenvalue weighted by atomic mass is 79.9. The summed E-state index contributed by atoms with van der Waals surface area (Å²) < 4.78 is 0.887. The van der Waals surface area contributed by atoms with E-state index in [9.17, 15) is 0 Å². The fourth-order valence-corrected chi connectivity index (χ4v) is 1.79. The van der Waals surface area contributed by atoms with Crippen LogP contribution in [0.3, 0.4) is 0 Å². The molecule has 0 radical (unpaired) electrons. The first-order chi connectivity index (χ1) is 6.70. The zero-order valence-electron chi connectivity index (χ0n) is 7.21. The highest BCUT2D eigenvalue weighted by Gasteiger charge is 2.05. The van der Waals surface area contributed by atoms with E-state index in [1.165, 1.54) is 0 Å². The van der Waals surface area contributed by atoms with Gasteiger partial charge in [-0.25, -0.2) is 4.98 Å². The van der Waals surface area contributed by atoms with Crippen LogP contribution in [0.25, 0.3) is 11.0 Å². The summed E-state index contributed by atoms with van der Waals surface area (Å²) in [7, 11) is 0. The van der Waals surface area contributed by atoms with Crippen LogP contribution < -0.4 is 5.73 Å². The number of rotatable bonds is 1. The molecule has 0 aliphatic carbocycles. The van der Waals surface area contributed by atoms with Crippen LogP contribution in [0.1, 0.15) is 5.56 Å². The third-order valence-electron chi connectivity index (χ3n) is 1.94. The van der Waals surface area contributed by atoms with E-state index >= 15 is 0 Å². The van der Waals surface area contributed by atoms with Crippen LogP contribution >= 0.6 is 15.9 Å². The maximum Gasteiger partial charge on any atom is 0.198 e. The summed E-state index contributed by atoms with van der Waals surface area (Å²) in [6, 6.07) is 5.84. The topological polar surface area (TPSA) is 78.5 Å².